The third-order valence-corrected chi connectivity index (χ3v) is 6.08. The van der Waals surface area contributed by atoms with E-state index in [1.54, 1.807) is 29.5 Å². The number of nitrogens with zero attached hydrogens (tertiary/aromatic N) is 2. The molecule has 0 atom stereocenters. The van der Waals surface area contributed by atoms with Gasteiger partial charge in [-0.1, -0.05) is 34.1 Å². The van der Waals surface area contributed by atoms with E-state index in [-0.39, 0.29) is 5.56 Å². The average molecular weight is 454 g/mol. The Kier molecular flexibility index (Phi) is 4.87. The molecule has 0 radical (unpaired) electrons. The molecule has 2 aromatic heterocycles. The van der Waals surface area contributed by atoms with Crippen molar-refractivity contribution in [2.45, 2.75) is 13.8 Å². The topological polar surface area (TPSA) is 75.1 Å². The summed E-state index contributed by atoms with van der Waals surface area (Å²) in [6, 6.07) is 13.2. The first kappa shape index (κ1) is 18.6. The Hall–Kier alpha value is -2.77. The molecule has 0 saturated carbocycles. The summed E-state index contributed by atoms with van der Waals surface area (Å²) >= 11 is 5.10. The van der Waals surface area contributed by atoms with Crippen molar-refractivity contribution in [1.29, 1.82) is 0 Å². The number of aromatic nitrogens is 2. The largest absolute Gasteiger partial charge is 0.478 e. The van der Waals surface area contributed by atoms with Crippen molar-refractivity contribution in [1.82, 2.24) is 9.97 Å². The average Bonchev–Trinajstić information content (AvgIpc) is 3.01. The van der Waals surface area contributed by atoms with Crippen LogP contribution in [0.5, 0.6) is 0 Å². The lowest BCUT2D eigenvalue weighted by molar-refractivity contribution is 0.0697. The Labute approximate surface area is 174 Å². The molecule has 4 rings (SSSR count). The molecule has 0 aliphatic carbocycles. The Morgan fingerprint density at radius 1 is 1.11 bits per heavy atom. The smallest absolute Gasteiger partial charge is 0.335 e. The van der Waals surface area contributed by atoms with Crippen LogP contribution >= 0.6 is 27.3 Å². The van der Waals surface area contributed by atoms with Gasteiger partial charge in [0, 0.05) is 20.6 Å². The Bertz CT molecular complexity index is 1200. The lowest BCUT2D eigenvalue weighted by Crippen LogP contribution is -2.01. The maximum Gasteiger partial charge on any atom is 0.335 e. The summed E-state index contributed by atoms with van der Waals surface area (Å²) in [6.07, 6.45) is 1.53. The number of aryl methyl sites for hydroxylation is 2. The molecule has 4 aromatic rings. The van der Waals surface area contributed by atoms with Crippen LogP contribution in [0.1, 0.15) is 20.8 Å². The highest BCUT2D eigenvalue weighted by Gasteiger charge is 2.17. The highest BCUT2D eigenvalue weighted by atomic mass is 79.9. The van der Waals surface area contributed by atoms with E-state index >= 15 is 0 Å². The molecule has 0 spiro atoms. The van der Waals surface area contributed by atoms with Gasteiger partial charge in [-0.05, 0) is 49.2 Å². The van der Waals surface area contributed by atoms with Gasteiger partial charge in [-0.15, -0.1) is 11.3 Å². The van der Waals surface area contributed by atoms with Crippen molar-refractivity contribution < 1.29 is 9.90 Å². The van der Waals surface area contributed by atoms with Crippen molar-refractivity contribution in [2.24, 2.45) is 0 Å². The van der Waals surface area contributed by atoms with Crippen molar-refractivity contribution in [3.05, 3.63) is 69.3 Å². The first-order valence-electron chi connectivity index (χ1n) is 8.55. The number of fused-ring (bicyclic) bond motifs is 1. The van der Waals surface area contributed by atoms with Gasteiger partial charge in [0.2, 0.25) is 0 Å². The van der Waals surface area contributed by atoms with Gasteiger partial charge in [-0.3, -0.25) is 0 Å². The van der Waals surface area contributed by atoms with Gasteiger partial charge in [0.1, 0.15) is 17.0 Å². The van der Waals surface area contributed by atoms with Crippen LogP contribution in [-0.2, 0) is 0 Å². The highest BCUT2D eigenvalue weighted by molar-refractivity contribution is 9.10. The second-order valence-corrected chi connectivity index (χ2v) is 8.52. The van der Waals surface area contributed by atoms with Crippen LogP contribution in [0.3, 0.4) is 0 Å². The molecule has 5 nitrogen and oxygen atoms in total. The van der Waals surface area contributed by atoms with Gasteiger partial charge < -0.3 is 10.4 Å². The van der Waals surface area contributed by atoms with Gasteiger partial charge >= 0.3 is 5.97 Å². The molecule has 0 fully saturated rings. The molecule has 28 heavy (non-hydrogen) atoms. The van der Waals surface area contributed by atoms with Crippen LogP contribution < -0.4 is 5.32 Å². The SMILES string of the molecule is Cc1ccc(C(=O)O)cc1Nc1ncnc2sc(C)c(-c3ccc(Br)cc3)c12. The summed E-state index contributed by atoms with van der Waals surface area (Å²) in [4.78, 5) is 22.3. The van der Waals surface area contributed by atoms with Crippen LogP contribution in [0.2, 0.25) is 0 Å². The fourth-order valence-corrected chi connectivity index (χ4v) is 4.40. The minimum Gasteiger partial charge on any atom is -0.478 e. The summed E-state index contributed by atoms with van der Waals surface area (Å²) in [6.45, 7) is 4.00. The molecular formula is C21H16BrN3O2S. The van der Waals surface area contributed by atoms with Gasteiger partial charge in [-0.25, -0.2) is 14.8 Å². The fraction of sp³-hybridized carbons (Fsp3) is 0.0952. The number of hydrogen-bond acceptors (Lipinski definition) is 5. The number of carboxylic acids is 1. The Balaban J connectivity index is 1.88. The number of rotatable bonds is 4. The number of anilines is 2. The first-order chi connectivity index (χ1) is 13.4. The minimum atomic E-state index is -0.960. The molecular weight excluding hydrogens is 438 g/mol. The molecule has 0 unspecified atom stereocenters. The first-order valence-corrected chi connectivity index (χ1v) is 10.2. The normalized spacial score (nSPS) is 11.0. The summed E-state index contributed by atoms with van der Waals surface area (Å²) in [7, 11) is 0. The van der Waals surface area contributed by atoms with E-state index in [0.29, 0.717) is 11.5 Å². The monoisotopic (exact) mass is 453 g/mol. The number of hydrogen-bond donors (Lipinski definition) is 2. The summed E-state index contributed by atoms with van der Waals surface area (Å²) in [5, 5.41) is 13.6. The van der Waals surface area contributed by atoms with E-state index in [2.05, 4.69) is 50.3 Å². The quantitative estimate of drug-likeness (QED) is 0.385. The summed E-state index contributed by atoms with van der Waals surface area (Å²) in [5.41, 5.74) is 4.05. The zero-order chi connectivity index (χ0) is 19.8. The van der Waals surface area contributed by atoms with Gasteiger partial charge in [0.05, 0.1) is 10.9 Å². The van der Waals surface area contributed by atoms with Gasteiger partial charge in [0.25, 0.3) is 0 Å². The zero-order valence-electron chi connectivity index (χ0n) is 15.2. The molecule has 0 aliphatic rings. The second kappa shape index (κ2) is 7.33. The second-order valence-electron chi connectivity index (χ2n) is 6.40. The third-order valence-electron chi connectivity index (χ3n) is 4.53. The fourth-order valence-electron chi connectivity index (χ4n) is 3.12. The van der Waals surface area contributed by atoms with Crippen LogP contribution in [0.4, 0.5) is 11.5 Å². The molecule has 0 saturated heterocycles. The molecule has 2 heterocycles. The highest BCUT2D eigenvalue weighted by Crippen LogP contribution is 2.41. The van der Waals surface area contributed by atoms with E-state index in [4.69, 9.17) is 0 Å². The Morgan fingerprint density at radius 2 is 1.86 bits per heavy atom. The van der Waals surface area contributed by atoms with Crippen molar-refractivity contribution in [3.63, 3.8) is 0 Å². The van der Waals surface area contributed by atoms with Crippen LogP contribution in [-0.4, -0.2) is 21.0 Å². The van der Waals surface area contributed by atoms with E-state index in [1.807, 2.05) is 19.1 Å². The number of aromatic carboxylic acids is 1. The van der Waals surface area contributed by atoms with Crippen LogP contribution in [0.25, 0.3) is 21.3 Å². The third kappa shape index (κ3) is 3.39. The number of nitrogens with one attached hydrogen (secondary N) is 1. The number of carboxylic acid groups (broad SMARTS) is 1. The van der Waals surface area contributed by atoms with Crippen LogP contribution in [0, 0.1) is 13.8 Å². The van der Waals surface area contributed by atoms with E-state index in [0.717, 1.165) is 36.3 Å². The van der Waals surface area contributed by atoms with Gasteiger partial charge in [0.15, 0.2) is 0 Å². The maximum absolute atomic E-state index is 11.3. The molecule has 0 aliphatic heterocycles. The number of halogens is 1. The molecule has 0 amide bonds. The van der Waals surface area contributed by atoms with E-state index < -0.39 is 5.97 Å². The van der Waals surface area contributed by atoms with Gasteiger partial charge in [-0.2, -0.15) is 0 Å². The lowest BCUT2D eigenvalue weighted by atomic mass is 10.0. The molecule has 2 aromatic carbocycles. The summed E-state index contributed by atoms with van der Waals surface area (Å²) in [5.74, 6) is -0.296. The summed E-state index contributed by atoms with van der Waals surface area (Å²) < 4.78 is 1.02. The molecule has 2 N–H and O–H groups in total. The molecule has 140 valence electrons. The molecule has 7 heteroatoms. The Morgan fingerprint density at radius 3 is 2.57 bits per heavy atom. The minimum absolute atomic E-state index is 0.230. The predicted octanol–water partition coefficient (Wildman–Crippen LogP) is 6.18. The standard InChI is InChI=1S/C21H16BrN3O2S/c1-11-3-4-14(21(26)27)9-16(11)25-19-18-17(13-5-7-15(22)8-6-13)12(2)28-20(18)24-10-23-19/h3-10H,1-2H3,(H,26,27)(H,23,24,25). The zero-order valence-corrected chi connectivity index (χ0v) is 17.6. The predicted molar refractivity (Wildman–Crippen MR) is 117 cm³/mol. The maximum atomic E-state index is 11.3. The lowest BCUT2D eigenvalue weighted by Gasteiger charge is -2.12. The number of carbonyl (C=O) groups is 1. The van der Waals surface area contributed by atoms with E-state index in [1.165, 1.54) is 6.33 Å². The molecule has 0 bridgehead atoms. The van der Waals surface area contributed by atoms with Crippen molar-refractivity contribution >= 4 is 55.0 Å². The van der Waals surface area contributed by atoms with Crippen molar-refractivity contribution in [2.75, 3.05) is 5.32 Å². The van der Waals surface area contributed by atoms with Crippen molar-refractivity contribution in [3.8, 4) is 11.1 Å². The van der Waals surface area contributed by atoms with E-state index in [9.17, 15) is 9.90 Å². The number of benzene rings is 2. The van der Waals surface area contributed by atoms with Crippen LogP contribution in [0.15, 0.2) is 53.3 Å². The number of thiophene rings is 1.